The number of nitrogens with zero attached hydrogens (tertiary/aromatic N) is 6. The minimum absolute atomic E-state index is 0.0352. The van der Waals surface area contributed by atoms with Crippen molar-refractivity contribution in [2.24, 2.45) is 5.10 Å². The van der Waals surface area contributed by atoms with Crippen LogP contribution in [0.2, 0.25) is 0 Å². The minimum Gasteiger partial charge on any atom is -0.483 e. The molecule has 2 aliphatic heterocycles. The number of benzene rings is 2. The lowest BCUT2D eigenvalue weighted by atomic mass is 10.0. The van der Waals surface area contributed by atoms with Crippen molar-refractivity contribution in [1.29, 1.82) is 0 Å². The highest BCUT2D eigenvalue weighted by atomic mass is 32.2. The van der Waals surface area contributed by atoms with Gasteiger partial charge in [-0.1, -0.05) is 18.2 Å². The van der Waals surface area contributed by atoms with Gasteiger partial charge in [0.2, 0.25) is 0 Å². The second-order valence-corrected chi connectivity index (χ2v) is 12.0. The van der Waals surface area contributed by atoms with E-state index in [1.807, 2.05) is 0 Å². The number of aryl methyl sites for hydroxylation is 1. The second-order valence-electron chi connectivity index (χ2n) is 10.4. The van der Waals surface area contributed by atoms with Crippen LogP contribution in [0.5, 0.6) is 5.75 Å². The van der Waals surface area contributed by atoms with Crippen molar-refractivity contribution in [2.45, 2.75) is 37.3 Å². The smallest absolute Gasteiger partial charge is 0.341 e. The van der Waals surface area contributed by atoms with E-state index in [0.29, 0.717) is 12.1 Å². The number of para-hydroxylation sites is 1. The van der Waals surface area contributed by atoms with Crippen molar-refractivity contribution >= 4 is 28.0 Å². The van der Waals surface area contributed by atoms with Crippen LogP contribution in [0.25, 0.3) is 5.82 Å². The summed E-state index contributed by atoms with van der Waals surface area (Å²) >= 11 is 0. The summed E-state index contributed by atoms with van der Waals surface area (Å²) in [6.45, 7) is 3.33. The second kappa shape index (κ2) is 11.3. The predicted molar refractivity (Wildman–Crippen MR) is 153 cm³/mol. The Bertz CT molecular complexity index is 1860. The third-order valence-electron chi connectivity index (χ3n) is 7.25. The lowest BCUT2D eigenvalue weighted by molar-refractivity contribution is 0.0256. The molecule has 4 heterocycles. The molecule has 0 radical (unpaired) electrons. The molecule has 6 rings (SSSR count). The van der Waals surface area contributed by atoms with E-state index in [2.05, 4.69) is 19.9 Å². The highest BCUT2D eigenvalue weighted by Gasteiger charge is 2.39. The number of hydrogen-bond donors (Lipinski definition) is 1. The third-order valence-corrected chi connectivity index (χ3v) is 8.88. The summed E-state index contributed by atoms with van der Waals surface area (Å²) in [5.74, 6) is -2.28. The monoisotopic (exact) mass is 625 g/mol. The van der Waals surface area contributed by atoms with Crippen LogP contribution in [0, 0.1) is 31.3 Å². The molecule has 11 nitrogen and oxygen atoms in total. The topological polar surface area (TPSA) is 122 Å². The Labute approximate surface area is 250 Å². The first-order valence-corrected chi connectivity index (χ1v) is 15.0. The van der Waals surface area contributed by atoms with Crippen molar-refractivity contribution in [3.05, 3.63) is 95.2 Å². The van der Waals surface area contributed by atoms with Gasteiger partial charge >= 0.3 is 6.03 Å². The largest absolute Gasteiger partial charge is 0.483 e. The van der Waals surface area contributed by atoms with E-state index in [1.165, 1.54) is 21.9 Å². The van der Waals surface area contributed by atoms with Gasteiger partial charge in [-0.3, -0.25) is 4.72 Å². The minimum atomic E-state index is -4.00. The van der Waals surface area contributed by atoms with Crippen molar-refractivity contribution in [3.63, 3.8) is 0 Å². The van der Waals surface area contributed by atoms with Crippen LogP contribution < -0.4 is 9.46 Å². The normalized spacial score (nSPS) is 16.7. The van der Waals surface area contributed by atoms with Gasteiger partial charge in [-0.15, -0.1) is 0 Å². The molecule has 0 saturated carbocycles. The van der Waals surface area contributed by atoms with Crippen molar-refractivity contribution in [3.8, 4) is 11.6 Å². The van der Waals surface area contributed by atoms with Gasteiger partial charge in [0.1, 0.15) is 22.6 Å². The van der Waals surface area contributed by atoms with Crippen LogP contribution >= 0.6 is 0 Å². The van der Waals surface area contributed by atoms with Gasteiger partial charge in [-0.2, -0.15) is 10.2 Å². The first-order chi connectivity index (χ1) is 21.0. The Morgan fingerprint density at radius 2 is 1.73 bits per heavy atom. The van der Waals surface area contributed by atoms with E-state index in [4.69, 9.17) is 4.74 Å². The number of ether oxygens (including phenoxy) is 1. The summed E-state index contributed by atoms with van der Waals surface area (Å²) in [7, 11) is -4.00. The Balaban J connectivity index is 1.14. The zero-order chi connectivity index (χ0) is 31.2. The lowest BCUT2D eigenvalue weighted by Gasteiger charge is -2.41. The molecule has 0 aliphatic carbocycles. The van der Waals surface area contributed by atoms with Crippen LogP contribution in [-0.2, 0) is 10.0 Å². The lowest BCUT2D eigenvalue weighted by Crippen LogP contribution is -2.58. The molecular formula is C29H26F3N7O4S. The quantitative estimate of drug-likeness (QED) is 0.317. The number of urea groups is 1. The van der Waals surface area contributed by atoms with Crippen molar-refractivity contribution in [1.82, 2.24) is 24.7 Å². The van der Waals surface area contributed by atoms with E-state index < -0.39 is 45.7 Å². The SMILES string of the molecule is Cc1nn(-c2cc(OC3CN(C(=O)N4N=CC[C@H]4c4cc(F)cc(F)c4)C3)c(F)cn2)c(C)c1S(=O)(=O)Nc1ccccc1. The summed E-state index contributed by atoms with van der Waals surface area (Å²) in [5, 5.41) is 9.58. The van der Waals surface area contributed by atoms with Crippen molar-refractivity contribution < 1.29 is 31.1 Å². The molecule has 15 heteroatoms. The van der Waals surface area contributed by atoms with Gasteiger partial charge in [0, 0.05) is 30.5 Å². The Kier molecular flexibility index (Phi) is 7.49. The van der Waals surface area contributed by atoms with Crippen LogP contribution in [-0.4, -0.2) is 64.5 Å². The fourth-order valence-electron chi connectivity index (χ4n) is 5.20. The number of aromatic nitrogens is 3. The number of carbonyl (C=O) groups is 1. The van der Waals surface area contributed by atoms with Crippen LogP contribution in [0.1, 0.15) is 29.4 Å². The van der Waals surface area contributed by atoms with E-state index in [1.54, 1.807) is 44.2 Å². The maximum Gasteiger partial charge on any atom is 0.341 e. The van der Waals surface area contributed by atoms with E-state index >= 15 is 0 Å². The number of sulfonamides is 1. The summed E-state index contributed by atoms with van der Waals surface area (Å²) < 4.78 is 78.2. The molecule has 228 valence electrons. The summed E-state index contributed by atoms with van der Waals surface area (Å²) in [6, 6.07) is 11.7. The standard InChI is InChI=1S/C29H26F3N7O4S/c1-17-28(44(41,42)36-22-6-4-3-5-7-22)18(2)38(35-17)27-13-26(24(32)14-33-27)43-23-15-37(16-23)29(40)39-25(8-9-34-39)19-10-20(30)12-21(31)11-19/h3-7,9-14,23,25,36H,8,15-16H2,1-2H3/t25-/m0/s1. The van der Waals surface area contributed by atoms with Crippen LogP contribution in [0.15, 0.2) is 70.8 Å². The Morgan fingerprint density at radius 3 is 2.43 bits per heavy atom. The fourth-order valence-corrected chi connectivity index (χ4v) is 6.66. The number of carbonyl (C=O) groups excluding carboxylic acids is 1. The molecule has 2 aromatic carbocycles. The van der Waals surface area contributed by atoms with Gasteiger partial charge in [0.25, 0.3) is 10.0 Å². The van der Waals surface area contributed by atoms with Gasteiger partial charge in [0.05, 0.1) is 36.7 Å². The van der Waals surface area contributed by atoms with Gasteiger partial charge in [-0.25, -0.2) is 41.1 Å². The number of nitrogens with one attached hydrogen (secondary N) is 1. The zero-order valence-electron chi connectivity index (χ0n) is 23.5. The molecule has 2 aliphatic rings. The number of rotatable bonds is 7. The fraction of sp³-hybridized carbons (Fsp3) is 0.241. The third kappa shape index (κ3) is 5.57. The molecule has 4 aromatic rings. The number of hydrazone groups is 1. The van der Waals surface area contributed by atoms with Gasteiger partial charge < -0.3 is 9.64 Å². The molecule has 1 atom stereocenters. The summed E-state index contributed by atoms with van der Waals surface area (Å²) in [5.41, 5.74) is 1.15. The molecular weight excluding hydrogens is 599 g/mol. The summed E-state index contributed by atoms with van der Waals surface area (Å²) in [4.78, 5) is 18.6. The van der Waals surface area contributed by atoms with E-state index in [-0.39, 0.29) is 46.5 Å². The number of pyridine rings is 1. The summed E-state index contributed by atoms with van der Waals surface area (Å²) in [6.07, 6.45) is 2.18. The number of halogens is 3. The van der Waals surface area contributed by atoms with Crippen molar-refractivity contribution in [2.75, 3.05) is 17.8 Å². The number of amides is 2. The first-order valence-electron chi connectivity index (χ1n) is 13.5. The average Bonchev–Trinajstić information content (AvgIpc) is 3.55. The highest BCUT2D eigenvalue weighted by molar-refractivity contribution is 7.92. The first kappa shape index (κ1) is 29.2. The van der Waals surface area contributed by atoms with Gasteiger partial charge in [0.15, 0.2) is 17.4 Å². The van der Waals surface area contributed by atoms with E-state index in [0.717, 1.165) is 29.4 Å². The molecule has 0 bridgehead atoms. The van der Waals surface area contributed by atoms with Crippen LogP contribution in [0.3, 0.4) is 0 Å². The number of likely N-dealkylation sites (tertiary alicyclic amines) is 1. The zero-order valence-corrected chi connectivity index (χ0v) is 24.3. The van der Waals surface area contributed by atoms with E-state index in [9.17, 15) is 26.4 Å². The molecule has 1 N–H and O–H groups in total. The average molecular weight is 626 g/mol. The Morgan fingerprint density at radius 1 is 1.02 bits per heavy atom. The van der Waals surface area contributed by atoms with Gasteiger partial charge in [-0.05, 0) is 43.7 Å². The molecule has 2 amide bonds. The molecule has 1 saturated heterocycles. The number of anilines is 1. The molecule has 0 unspecified atom stereocenters. The van der Waals surface area contributed by atoms with Crippen LogP contribution in [0.4, 0.5) is 23.7 Å². The Hall–Kier alpha value is -4.92. The maximum atomic E-state index is 14.7. The molecule has 44 heavy (non-hydrogen) atoms. The highest BCUT2D eigenvalue weighted by Crippen LogP contribution is 2.32. The molecule has 2 aromatic heterocycles. The predicted octanol–water partition coefficient (Wildman–Crippen LogP) is 4.72. The molecule has 0 spiro atoms. The number of hydrogen-bond acceptors (Lipinski definition) is 7. The maximum absolute atomic E-state index is 14.7. The molecule has 1 fully saturated rings.